The molecule has 0 aromatic heterocycles. The molecule has 0 aromatic carbocycles. The number of rotatable bonds is 3. The SMILES string of the molecule is ClCCCN1CCC2CCCCC21. The molecule has 0 bridgehead atoms. The van der Waals surface area contributed by atoms with Gasteiger partial charge in [-0.1, -0.05) is 12.8 Å². The molecule has 1 heterocycles. The third kappa shape index (κ3) is 2.19. The molecule has 0 amide bonds. The number of nitrogens with zero attached hydrogens (tertiary/aromatic N) is 1. The lowest BCUT2D eigenvalue weighted by Gasteiger charge is -2.31. The maximum absolute atomic E-state index is 5.73. The smallest absolute Gasteiger partial charge is 0.0235 e. The predicted octanol–water partition coefficient (Wildman–Crippen LogP) is 2.88. The van der Waals surface area contributed by atoms with E-state index in [1.807, 2.05) is 0 Å². The fourth-order valence-electron chi connectivity index (χ4n) is 3.04. The Bertz CT molecular complexity index is 160. The summed E-state index contributed by atoms with van der Waals surface area (Å²) < 4.78 is 0. The Labute approximate surface area is 86.4 Å². The van der Waals surface area contributed by atoms with Crippen molar-refractivity contribution in [3.05, 3.63) is 0 Å². The average molecular weight is 202 g/mol. The molecule has 0 N–H and O–H groups in total. The van der Waals surface area contributed by atoms with Gasteiger partial charge >= 0.3 is 0 Å². The summed E-state index contributed by atoms with van der Waals surface area (Å²) in [6, 6.07) is 0.928. The molecule has 2 atom stereocenters. The first-order valence-corrected chi connectivity index (χ1v) is 6.25. The van der Waals surface area contributed by atoms with Crippen molar-refractivity contribution in [2.24, 2.45) is 5.92 Å². The third-order valence-corrected chi connectivity index (χ3v) is 3.97. The number of alkyl halides is 1. The molecular weight excluding hydrogens is 182 g/mol. The fraction of sp³-hybridized carbons (Fsp3) is 1.00. The molecule has 1 saturated heterocycles. The van der Waals surface area contributed by atoms with Crippen molar-refractivity contribution >= 4 is 11.6 Å². The van der Waals surface area contributed by atoms with Gasteiger partial charge in [0.05, 0.1) is 0 Å². The van der Waals surface area contributed by atoms with Crippen LogP contribution in [0.3, 0.4) is 0 Å². The second-order valence-electron chi connectivity index (χ2n) is 4.48. The van der Waals surface area contributed by atoms with Gasteiger partial charge in [-0.25, -0.2) is 0 Å². The molecule has 1 aliphatic heterocycles. The van der Waals surface area contributed by atoms with E-state index in [9.17, 15) is 0 Å². The summed E-state index contributed by atoms with van der Waals surface area (Å²) in [6.45, 7) is 2.58. The Hall–Kier alpha value is 0.250. The van der Waals surface area contributed by atoms with E-state index in [0.29, 0.717) is 0 Å². The molecule has 0 aromatic rings. The molecule has 0 radical (unpaired) electrons. The van der Waals surface area contributed by atoms with Gasteiger partial charge in [0.2, 0.25) is 0 Å². The van der Waals surface area contributed by atoms with Gasteiger partial charge < -0.3 is 4.90 Å². The lowest BCUT2D eigenvalue weighted by Crippen LogP contribution is -2.35. The Morgan fingerprint density at radius 3 is 2.85 bits per heavy atom. The summed E-state index contributed by atoms with van der Waals surface area (Å²) in [5.41, 5.74) is 0. The minimum absolute atomic E-state index is 0.827. The van der Waals surface area contributed by atoms with Crippen molar-refractivity contribution in [1.82, 2.24) is 4.90 Å². The minimum Gasteiger partial charge on any atom is -0.300 e. The van der Waals surface area contributed by atoms with Crippen LogP contribution < -0.4 is 0 Å². The maximum Gasteiger partial charge on any atom is 0.0235 e. The second-order valence-corrected chi connectivity index (χ2v) is 4.86. The molecule has 1 saturated carbocycles. The van der Waals surface area contributed by atoms with Crippen molar-refractivity contribution in [3.63, 3.8) is 0 Å². The lowest BCUT2D eigenvalue weighted by molar-refractivity contribution is 0.183. The Balaban J connectivity index is 1.84. The van der Waals surface area contributed by atoms with E-state index in [-0.39, 0.29) is 0 Å². The molecule has 0 spiro atoms. The molecule has 2 unspecified atom stereocenters. The number of fused-ring (bicyclic) bond motifs is 1. The van der Waals surface area contributed by atoms with Gasteiger partial charge in [-0.05, 0) is 44.7 Å². The van der Waals surface area contributed by atoms with E-state index in [4.69, 9.17) is 11.6 Å². The Morgan fingerprint density at radius 1 is 1.15 bits per heavy atom. The fourth-order valence-corrected chi connectivity index (χ4v) is 3.16. The summed E-state index contributed by atoms with van der Waals surface area (Å²) in [4.78, 5) is 2.69. The van der Waals surface area contributed by atoms with Gasteiger partial charge in [0.1, 0.15) is 0 Å². The Kier molecular flexibility index (Phi) is 3.51. The van der Waals surface area contributed by atoms with Gasteiger partial charge in [-0.3, -0.25) is 0 Å². The van der Waals surface area contributed by atoms with Gasteiger partial charge in [-0.15, -0.1) is 11.6 Å². The van der Waals surface area contributed by atoms with Crippen LogP contribution in [0.1, 0.15) is 38.5 Å². The molecule has 76 valence electrons. The summed E-state index contributed by atoms with van der Waals surface area (Å²) >= 11 is 5.73. The van der Waals surface area contributed by atoms with Crippen LogP contribution in [0.2, 0.25) is 0 Å². The van der Waals surface area contributed by atoms with Crippen LogP contribution in [0.15, 0.2) is 0 Å². The predicted molar refractivity (Wildman–Crippen MR) is 57.3 cm³/mol. The number of hydrogen-bond acceptors (Lipinski definition) is 1. The van der Waals surface area contributed by atoms with E-state index in [1.165, 1.54) is 51.6 Å². The highest BCUT2D eigenvalue weighted by molar-refractivity contribution is 6.17. The van der Waals surface area contributed by atoms with Crippen LogP contribution in [-0.4, -0.2) is 29.9 Å². The first-order chi connectivity index (χ1) is 6.42. The maximum atomic E-state index is 5.73. The van der Waals surface area contributed by atoms with Crippen molar-refractivity contribution in [2.45, 2.75) is 44.6 Å². The summed E-state index contributed by atoms with van der Waals surface area (Å²) in [7, 11) is 0. The molecule has 2 rings (SSSR count). The highest BCUT2D eigenvalue weighted by Gasteiger charge is 2.34. The first kappa shape index (κ1) is 9.79. The molecule has 1 nitrogen and oxygen atoms in total. The van der Waals surface area contributed by atoms with Gasteiger partial charge in [0, 0.05) is 11.9 Å². The summed E-state index contributed by atoms with van der Waals surface area (Å²) in [5, 5.41) is 0. The monoisotopic (exact) mass is 201 g/mol. The van der Waals surface area contributed by atoms with Crippen LogP contribution in [0.5, 0.6) is 0 Å². The van der Waals surface area contributed by atoms with E-state index in [1.54, 1.807) is 0 Å². The minimum atomic E-state index is 0.827. The van der Waals surface area contributed by atoms with Crippen molar-refractivity contribution < 1.29 is 0 Å². The Morgan fingerprint density at radius 2 is 2.00 bits per heavy atom. The summed E-state index contributed by atoms with van der Waals surface area (Å²) in [6.07, 6.45) is 8.50. The van der Waals surface area contributed by atoms with E-state index >= 15 is 0 Å². The lowest BCUT2D eigenvalue weighted by atomic mass is 9.85. The normalized spacial score (nSPS) is 34.8. The number of likely N-dealkylation sites (tertiary alicyclic amines) is 1. The van der Waals surface area contributed by atoms with E-state index < -0.39 is 0 Å². The quantitative estimate of drug-likeness (QED) is 0.635. The first-order valence-electron chi connectivity index (χ1n) is 5.72. The van der Waals surface area contributed by atoms with Crippen LogP contribution in [-0.2, 0) is 0 Å². The summed E-state index contributed by atoms with van der Waals surface area (Å²) in [5.74, 6) is 1.86. The van der Waals surface area contributed by atoms with Gasteiger partial charge in [0.15, 0.2) is 0 Å². The zero-order chi connectivity index (χ0) is 9.10. The van der Waals surface area contributed by atoms with Crippen LogP contribution >= 0.6 is 11.6 Å². The van der Waals surface area contributed by atoms with Crippen molar-refractivity contribution in [3.8, 4) is 0 Å². The molecule has 2 fully saturated rings. The highest BCUT2D eigenvalue weighted by atomic mass is 35.5. The second kappa shape index (κ2) is 4.65. The van der Waals surface area contributed by atoms with Gasteiger partial charge in [-0.2, -0.15) is 0 Å². The van der Waals surface area contributed by atoms with E-state index in [2.05, 4.69) is 4.90 Å². The van der Waals surface area contributed by atoms with E-state index in [0.717, 1.165) is 17.8 Å². The largest absolute Gasteiger partial charge is 0.300 e. The number of hydrogen-bond donors (Lipinski definition) is 0. The average Bonchev–Trinajstić information content (AvgIpc) is 2.58. The third-order valence-electron chi connectivity index (χ3n) is 3.70. The zero-order valence-electron chi connectivity index (χ0n) is 8.34. The van der Waals surface area contributed by atoms with Crippen LogP contribution in [0.25, 0.3) is 0 Å². The molecule has 2 heteroatoms. The molecular formula is C11H20ClN. The van der Waals surface area contributed by atoms with Crippen LogP contribution in [0, 0.1) is 5.92 Å². The molecule has 13 heavy (non-hydrogen) atoms. The standard InChI is InChI=1S/C11H20ClN/c12-7-3-8-13-9-6-10-4-1-2-5-11(10)13/h10-11H,1-9H2. The topological polar surface area (TPSA) is 3.24 Å². The van der Waals surface area contributed by atoms with Crippen LogP contribution in [0.4, 0.5) is 0 Å². The van der Waals surface area contributed by atoms with Crippen molar-refractivity contribution in [1.29, 1.82) is 0 Å². The number of halogens is 1. The zero-order valence-corrected chi connectivity index (χ0v) is 9.10. The van der Waals surface area contributed by atoms with Crippen molar-refractivity contribution in [2.75, 3.05) is 19.0 Å². The molecule has 2 aliphatic rings. The van der Waals surface area contributed by atoms with Gasteiger partial charge in [0.25, 0.3) is 0 Å². The highest BCUT2D eigenvalue weighted by Crippen LogP contribution is 2.35. The molecule has 1 aliphatic carbocycles.